The maximum atomic E-state index is 11.5. The molecule has 1 aromatic rings. The van der Waals surface area contributed by atoms with E-state index in [-0.39, 0.29) is 11.4 Å². The molecule has 1 aromatic carbocycles. The fourth-order valence-corrected chi connectivity index (χ4v) is 1.26. The molecule has 88 valence electrons. The molecule has 0 fully saturated rings. The molecule has 0 spiro atoms. The number of para-hydroxylation sites is 1. The molecule has 0 heterocycles. The zero-order valence-corrected chi connectivity index (χ0v) is 10.1. The van der Waals surface area contributed by atoms with Crippen molar-refractivity contribution >= 4 is 5.91 Å². The maximum absolute atomic E-state index is 11.5. The molecule has 0 radical (unpaired) electrons. The van der Waals surface area contributed by atoms with E-state index >= 15 is 0 Å². The lowest BCUT2D eigenvalue weighted by Crippen LogP contribution is -2.41. The summed E-state index contributed by atoms with van der Waals surface area (Å²) < 4.78 is 5.43. The van der Waals surface area contributed by atoms with Gasteiger partial charge in [0.05, 0.1) is 13.0 Å². The molecule has 0 aliphatic heterocycles. The van der Waals surface area contributed by atoms with Gasteiger partial charge >= 0.3 is 0 Å². The molecule has 0 saturated heterocycles. The minimum absolute atomic E-state index is 0.0171. The van der Waals surface area contributed by atoms with Crippen molar-refractivity contribution < 1.29 is 9.53 Å². The van der Waals surface area contributed by atoms with Crippen LogP contribution in [0.25, 0.3) is 0 Å². The van der Waals surface area contributed by atoms with Crippen molar-refractivity contribution in [1.82, 2.24) is 5.32 Å². The molecular formula is C13H19NO2. The van der Waals surface area contributed by atoms with Crippen LogP contribution < -0.4 is 10.1 Å². The summed E-state index contributed by atoms with van der Waals surface area (Å²) in [5.41, 5.74) is -0.177. The van der Waals surface area contributed by atoms with Crippen molar-refractivity contribution in [3.8, 4) is 5.75 Å². The Labute approximate surface area is 96.8 Å². The molecule has 3 nitrogen and oxygen atoms in total. The second kappa shape index (κ2) is 5.54. The molecule has 0 aromatic heterocycles. The van der Waals surface area contributed by atoms with Crippen LogP contribution in [0, 0.1) is 0 Å². The van der Waals surface area contributed by atoms with E-state index in [0.717, 1.165) is 5.75 Å². The average molecular weight is 221 g/mol. The Morgan fingerprint density at radius 3 is 2.44 bits per heavy atom. The van der Waals surface area contributed by atoms with Crippen molar-refractivity contribution in [3.63, 3.8) is 0 Å². The predicted octanol–water partition coefficient (Wildman–Crippen LogP) is 2.37. The monoisotopic (exact) mass is 221 g/mol. The second-order valence-corrected chi connectivity index (χ2v) is 4.71. The summed E-state index contributed by atoms with van der Waals surface area (Å²) in [5.74, 6) is 0.814. The summed E-state index contributed by atoms with van der Waals surface area (Å²) in [6.07, 6.45) is 0.381. The van der Waals surface area contributed by atoms with Gasteiger partial charge in [-0.1, -0.05) is 18.2 Å². The summed E-state index contributed by atoms with van der Waals surface area (Å²) in [4.78, 5) is 11.5. The Morgan fingerprint density at radius 2 is 1.88 bits per heavy atom. The van der Waals surface area contributed by atoms with Gasteiger partial charge < -0.3 is 10.1 Å². The smallest absolute Gasteiger partial charge is 0.223 e. The van der Waals surface area contributed by atoms with Gasteiger partial charge in [-0.05, 0) is 32.9 Å². The molecule has 0 saturated carbocycles. The first-order valence-electron chi connectivity index (χ1n) is 5.46. The van der Waals surface area contributed by atoms with Crippen LogP contribution in [-0.4, -0.2) is 18.1 Å². The number of carbonyl (C=O) groups is 1. The summed E-state index contributed by atoms with van der Waals surface area (Å²) in [6, 6.07) is 9.50. The fraction of sp³-hybridized carbons (Fsp3) is 0.462. The molecule has 0 bridgehead atoms. The van der Waals surface area contributed by atoms with Gasteiger partial charge in [-0.15, -0.1) is 0 Å². The number of amides is 1. The second-order valence-electron chi connectivity index (χ2n) is 4.71. The van der Waals surface area contributed by atoms with Gasteiger partial charge in [-0.3, -0.25) is 4.79 Å². The van der Waals surface area contributed by atoms with Crippen LogP contribution in [0.2, 0.25) is 0 Å². The van der Waals surface area contributed by atoms with E-state index in [4.69, 9.17) is 4.74 Å². The van der Waals surface area contributed by atoms with Crippen LogP contribution in [0.1, 0.15) is 27.2 Å². The molecule has 1 N–H and O–H groups in total. The van der Waals surface area contributed by atoms with Crippen LogP contribution in [0.5, 0.6) is 5.75 Å². The van der Waals surface area contributed by atoms with Crippen molar-refractivity contribution in [2.45, 2.75) is 32.7 Å². The van der Waals surface area contributed by atoms with Crippen LogP contribution in [0.3, 0.4) is 0 Å². The molecule has 3 heteroatoms. The van der Waals surface area contributed by atoms with E-state index in [9.17, 15) is 4.79 Å². The number of carbonyl (C=O) groups excluding carboxylic acids is 1. The number of benzene rings is 1. The SMILES string of the molecule is CC(C)(C)NC(=O)CCOc1ccccc1. The predicted molar refractivity (Wildman–Crippen MR) is 64.4 cm³/mol. The van der Waals surface area contributed by atoms with Crippen LogP contribution in [-0.2, 0) is 4.79 Å². The van der Waals surface area contributed by atoms with Gasteiger partial charge in [0, 0.05) is 5.54 Å². The molecule has 0 unspecified atom stereocenters. The Kier molecular flexibility index (Phi) is 4.35. The van der Waals surface area contributed by atoms with Crippen molar-refractivity contribution in [2.75, 3.05) is 6.61 Å². The van der Waals surface area contributed by atoms with Crippen LogP contribution >= 0.6 is 0 Å². The van der Waals surface area contributed by atoms with E-state index < -0.39 is 0 Å². The molecule has 1 rings (SSSR count). The zero-order valence-electron chi connectivity index (χ0n) is 10.1. The third-order valence-corrected chi connectivity index (χ3v) is 1.86. The van der Waals surface area contributed by atoms with E-state index in [1.54, 1.807) is 0 Å². The highest BCUT2D eigenvalue weighted by Crippen LogP contribution is 2.08. The topological polar surface area (TPSA) is 38.3 Å². The first-order valence-corrected chi connectivity index (χ1v) is 5.46. The summed E-state index contributed by atoms with van der Waals surface area (Å²) in [6.45, 7) is 6.29. The van der Waals surface area contributed by atoms with Gasteiger partial charge in [-0.25, -0.2) is 0 Å². The number of nitrogens with one attached hydrogen (secondary N) is 1. The van der Waals surface area contributed by atoms with E-state index in [2.05, 4.69) is 5.32 Å². The van der Waals surface area contributed by atoms with Gasteiger partial charge in [0.1, 0.15) is 5.75 Å². The van der Waals surface area contributed by atoms with Crippen LogP contribution in [0.15, 0.2) is 30.3 Å². The third kappa shape index (κ3) is 5.39. The summed E-state index contributed by atoms with van der Waals surface area (Å²) >= 11 is 0. The lowest BCUT2D eigenvalue weighted by molar-refractivity contribution is -0.122. The number of ether oxygens (including phenoxy) is 1. The highest BCUT2D eigenvalue weighted by molar-refractivity contribution is 5.76. The minimum Gasteiger partial charge on any atom is -0.493 e. The van der Waals surface area contributed by atoms with Crippen molar-refractivity contribution in [1.29, 1.82) is 0 Å². The van der Waals surface area contributed by atoms with E-state index in [1.165, 1.54) is 0 Å². The summed E-state index contributed by atoms with van der Waals surface area (Å²) in [5, 5.41) is 2.89. The molecular weight excluding hydrogens is 202 g/mol. The summed E-state index contributed by atoms with van der Waals surface area (Å²) in [7, 11) is 0. The number of hydrogen-bond donors (Lipinski definition) is 1. The zero-order chi connectivity index (χ0) is 12.0. The van der Waals surface area contributed by atoms with Crippen molar-refractivity contribution in [2.24, 2.45) is 0 Å². The first kappa shape index (κ1) is 12.6. The standard InChI is InChI=1S/C13H19NO2/c1-13(2,3)14-12(15)9-10-16-11-7-5-4-6-8-11/h4-8H,9-10H2,1-3H3,(H,14,15). The Morgan fingerprint density at radius 1 is 1.25 bits per heavy atom. The van der Waals surface area contributed by atoms with Gasteiger partial charge in [0.15, 0.2) is 0 Å². The molecule has 1 amide bonds. The lowest BCUT2D eigenvalue weighted by atomic mass is 10.1. The lowest BCUT2D eigenvalue weighted by Gasteiger charge is -2.20. The normalized spacial score (nSPS) is 10.9. The molecule has 0 aliphatic carbocycles. The number of hydrogen-bond acceptors (Lipinski definition) is 2. The molecule has 0 aliphatic rings. The molecule has 0 atom stereocenters. The largest absolute Gasteiger partial charge is 0.493 e. The first-order chi connectivity index (χ1) is 7.47. The quantitative estimate of drug-likeness (QED) is 0.847. The molecule has 16 heavy (non-hydrogen) atoms. The van der Waals surface area contributed by atoms with Gasteiger partial charge in [-0.2, -0.15) is 0 Å². The third-order valence-electron chi connectivity index (χ3n) is 1.86. The highest BCUT2D eigenvalue weighted by atomic mass is 16.5. The average Bonchev–Trinajstić information content (AvgIpc) is 2.16. The van der Waals surface area contributed by atoms with Gasteiger partial charge in [0.25, 0.3) is 0 Å². The fourth-order valence-electron chi connectivity index (χ4n) is 1.26. The van der Waals surface area contributed by atoms with E-state index in [0.29, 0.717) is 13.0 Å². The Bertz CT molecular complexity index is 328. The minimum atomic E-state index is -0.177. The number of rotatable bonds is 4. The van der Waals surface area contributed by atoms with Crippen molar-refractivity contribution in [3.05, 3.63) is 30.3 Å². The maximum Gasteiger partial charge on any atom is 0.223 e. The van der Waals surface area contributed by atoms with Gasteiger partial charge in [0.2, 0.25) is 5.91 Å². The Hall–Kier alpha value is -1.51. The highest BCUT2D eigenvalue weighted by Gasteiger charge is 2.13. The van der Waals surface area contributed by atoms with Crippen LogP contribution in [0.4, 0.5) is 0 Å². The van der Waals surface area contributed by atoms with E-state index in [1.807, 2.05) is 51.1 Å². The Balaban J connectivity index is 2.24.